The average Bonchev–Trinajstić information content (AvgIpc) is 2.84. The van der Waals surface area contributed by atoms with Crippen LogP contribution in [0.5, 0.6) is 0 Å². The van der Waals surface area contributed by atoms with Gasteiger partial charge in [0.25, 0.3) is 5.91 Å². The second-order valence-electron chi connectivity index (χ2n) is 7.39. The second kappa shape index (κ2) is 6.84. The Bertz CT molecular complexity index is 1190. The predicted molar refractivity (Wildman–Crippen MR) is 116 cm³/mol. The first-order chi connectivity index (χ1) is 14.5. The van der Waals surface area contributed by atoms with Gasteiger partial charge in [-0.2, -0.15) is 4.98 Å². The second-order valence-corrected chi connectivity index (χ2v) is 7.39. The molecule has 0 fully saturated rings. The summed E-state index contributed by atoms with van der Waals surface area (Å²) in [5, 5.41) is 6.12. The standard InChI is InChI=1S/C22H20N6O2/c1-27-17-6-4-3-5-15(17)21(30)28(2)18-12-23-22(26-20(18)27)24-14-8-9-16-13(11-14)7-10-19(29)25-16/h3-6,8-9,11-12H,7,10H2,1-2H3,(H,25,29)(H,23,24,26). The van der Waals surface area contributed by atoms with E-state index in [2.05, 4.69) is 15.6 Å². The van der Waals surface area contributed by atoms with Gasteiger partial charge in [0.1, 0.15) is 5.69 Å². The lowest BCUT2D eigenvalue weighted by Crippen LogP contribution is -2.25. The van der Waals surface area contributed by atoms with Gasteiger partial charge in [-0.25, -0.2) is 4.98 Å². The van der Waals surface area contributed by atoms with E-state index in [9.17, 15) is 9.59 Å². The third-order valence-electron chi connectivity index (χ3n) is 5.49. The van der Waals surface area contributed by atoms with E-state index in [-0.39, 0.29) is 11.8 Å². The summed E-state index contributed by atoms with van der Waals surface area (Å²) in [6.45, 7) is 0. The third-order valence-corrected chi connectivity index (χ3v) is 5.49. The number of aromatic nitrogens is 2. The van der Waals surface area contributed by atoms with Gasteiger partial charge in [0.2, 0.25) is 11.9 Å². The fraction of sp³-hybridized carbons (Fsp3) is 0.182. The Morgan fingerprint density at radius 1 is 1.00 bits per heavy atom. The van der Waals surface area contributed by atoms with E-state index >= 15 is 0 Å². The Morgan fingerprint density at radius 3 is 2.70 bits per heavy atom. The fourth-order valence-corrected chi connectivity index (χ4v) is 3.85. The molecule has 150 valence electrons. The molecular weight excluding hydrogens is 380 g/mol. The van der Waals surface area contributed by atoms with Gasteiger partial charge in [0.15, 0.2) is 5.82 Å². The van der Waals surface area contributed by atoms with E-state index in [4.69, 9.17) is 4.98 Å². The lowest BCUT2D eigenvalue weighted by atomic mass is 10.0. The zero-order valence-electron chi connectivity index (χ0n) is 16.6. The maximum absolute atomic E-state index is 12.9. The van der Waals surface area contributed by atoms with Gasteiger partial charge >= 0.3 is 0 Å². The van der Waals surface area contributed by atoms with Crippen LogP contribution in [0.15, 0.2) is 48.7 Å². The summed E-state index contributed by atoms with van der Waals surface area (Å²) in [6.07, 6.45) is 2.84. The summed E-state index contributed by atoms with van der Waals surface area (Å²) in [6, 6.07) is 13.2. The van der Waals surface area contributed by atoms with Crippen molar-refractivity contribution in [1.29, 1.82) is 0 Å². The molecule has 0 radical (unpaired) electrons. The molecule has 1 aromatic heterocycles. The van der Waals surface area contributed by atoms with E-state index in [1.165, 1.54) is 0 Å². The molecule has 3 aromatic rings. The van der Waals surface area contributed by atoms with E-state index in [0.717, 1.165) is 22.6 Å². The Hall–Kier alpha value is -3.94. The van der Waals surface area contributed by atoms with E-state index < -0.39 is 0 Å². The Morgan fingerprint density at radius 2 is 1.83 bits per heavy atom. The van der Waals surface area contributed by atoms with Crippen LogP contribution in [-0.4, -0.2) is 35.9 Å². The molecule has 3 heterocycles. The smallest absolute Gasteiger partial charge is 0.260 e. The fourth-order valence-electron chi connectivity index (χ4n) is 3.85. The number of hydrogen-bond acceptors (Lipinski definition) is 6. The van der Waals surface area contributed by atoms with Crippen molar-refractivity contribution in [3.05, 3.63) is 59.8 Å². The number of aryl methyl sites for hydroxylation is 1. The first-order valence-electron chi connectivity index (χ1n) is 9.69. The minimum atomic E-state index is -0.0998. The number of amides is 2. The molecule has 8 nitrogen and oxygen atoms in total. The molecule has 0 unspecified atom stereocenters. The average molecular weight is 400 g/mol. The minimum Gasteiger partial charge on any atom is -0.327 e. The minimum absolute atomic E-state index is 0.0410. The first kappa shape index (κ1) is 18.1. The Balaban J connectivity index is 1.51. The molecule has 30 heavy (non-hydrogen) atoms. The number of hydrogen-bond donors (Lipinski definition) is 2. The van der Waals surface area contributed by atoms with Crippen molar-refractivity contribution in [3.63, 3.8) is 0 Å². The summed E-state index contributed by atoms with van der Waals surface area (Å²) in [5.74, 6) is 1.01. The zero-order chi connectivity index (χ0) is 20.8. The van der Waals surface area contributed by atoms with Crippen LogP contribution in [0.2, 0.25) is 0 Å². The molecule has 2 amide bonds. The van der Waals surface area contributed by atoms with Crippen molar-refractivity contribution >= 4 is 46.3 Å². The Labute approximate surface area is 173 Å². The highest BCUT2D eigenvalue weighted by atomic mass is 16.2. The lowest BCUT2D eigenvalue weighted by molar-refractivity contribution is -0.116. The normalized spacial score (nSPS) is 15.0. The summed E-state index contributed by atoms with van der Waals surface area (Å²) < 4.78 is 0. The third kappa shape index (κ3) is 2.93. The number of carbonyl (C=O) groups excluding carboxylic acids is 2. The van der Waals surface area contributed by atoms with Gasteiger partial charge in [-0.15, -0.1) is 0 Å². The quantitative estimate of drug-likeness (QED) is 0.685. The van der Waals surface area contributed by atoms with E-state index in [1.54, 1.807) is 18.1 Å². The number of rotatable bonds is 2. The van der Waals surface area contributed by atoms with Gasteiger partial charge in [0, 0.05) is 31.9 Å². The zero-order valence-corrected chi connectivity index (χ0v) is 16.6. The number of nitrogens with zero attached hydrogens (tertiary/aromatic N) is 4. The topological polar surface area (TPSA) is 90.5 Å². The van der Waals surface area contributed by atoms with Crippen LogP contribution >= 0.6 is 0 Å². The molecule has 0 aliphatic carbocycles. The van der Waals surface area contributed by atoms with Crippen LogP contribution in [0.3, 0.4) is 0 Å². The van der Waals surface area contributed by atoms with Crippen molar-refractivity contribution < 1.29 is 9.59 Å². The lowest BCUT2D eigenvalue weighted by Gasteiger charge is -2.21. The predicted octanol–water partition coefficient (Wildman–Crippen LogP) is 3.46. The molecule has 2 N–H and O–H groups in total. The summed E-state index contributed by atoms with van der Waals surface area (Å²) >= 11 is 0. The van der Waals surface area contributed by atoms with Crippen molar-refractivity contribution in [3.8, 4) is 0 Å². The number of benzene rings is 2. The number of para-hydroxylation sites is 1. The molecule has 2 aliphatic heterocycles. The SMILES string of the molecule is CN1C(=O)c2ccccc2N(C)c2nc(Nc3ccc4c(c3)CCC(=O)N4)ncc21. The number of fused-ring (bicyclic) bond motifs is 3. The first-order valence-corrected chi connectivity index (χ1v) is 9.69. The van der Waals surface area contributed by atoms with Gasteiger partial charge < -0.3 is 20.4 Å². The highest BCUT2D eigenvalue weighted by Crippen LogP contribution is 2.38. The van der Waals surface area contributed by atoms with Crippen LogP contribution in [0.4, 0.5) is 34.5 Å². The summed E-state index contributed by atoms with van der Waals surface area (Å²) in [4.78, 5) is 37.0. The number of anilines is 6. The number of carbonyl (C=O) groups is 2. The van der Waals surface area contributed by atoms with E-state index in [0.29, 0.717) is 35.9 Å². The Kier molecular flexibility index (Phi) is 4.13. The molecule has 0 spiro atoms. The summed E-state index contributed by atoms with van der Waals surface area (Å²) in [5.41, 5.74) is 4.80. The van der Waals surface area contributed by atoms with Crippen molar-refractivity contribution in [2.75, 3.05) is 34.5 Å². The monoisotopic (exact) mass is 400 g/mol. The van der Waals surface area contributed by atoms with E-state index in [1.807, 2.05) is 54.4 Å². The molecule has 0 atom stereocenters. The van der Waals surface area contributed by atoms with Crippen molar-refractivity contribution in [1.82, 2.24) is 9.97 Å². The summed E-state index contributed by atoms with van der Waals surface area (Å²) in [7, 11) is 3.62. The molecule has 2 aliphatic rings. The van der Waals surface area contributed by atoms with Gasteiger partial charge in [-0.05, 0) is 42.3 Å². The van der Waals surface area contributed by atoms with Crippen molar-refractivity contribution in [2.45, 2.75) is 12.8 Å². The molecular formula is C22H20N6O2. The van der Waals surface area contributed by atoms with Crippen LogP contribution in [0, 0.1) is 0 Å². The van der Waals surface area contributed by atoms with Gasteiger partial charge in [0.05, 0.1) is 17.4 Å². The maximum Gasteiger partial charge on any atom is 0.260 e. The maximum atomic E-state index is 12.9. The molecule has 8 heteroatoms. The van der Waals surface area contributed by atoms with Gasteiger partial charge in [-0.3, -0.25) is 9.59 Å². The highest BCUT2D eigenvalue weighted by Gasteiger charge is 2.28. The van der Waals surface area contributed by atoms with Crippen LogP contribution < -0.4 is 20.4 Å². The van der Waals surface area contributed by atoms with Crippen LogP contribution in [0.1, 0.15) is 22.3 Å². The van der Waals surface area contributed by atoms with Gasteiger partial charge in [-0.1, -0.05) is 12.1 Å². The molecule has 0 bridgehead atoms. The van der Waals surface area contributed by atoms with Crippen LogP contribution in [0.25, 0.3) is 0 Å². The van der Waals surface area contributed by atoms with Crippen LogP contribution in [-0.2, 0) is 11.2 Å². The highest BCUT2D eigenvalue weighted by molar-refractivity contribution is 6.13. The molecule has 0 saturated carbocycles. The molecule has 2 aromatic carbocycles. The number of nitrogens with one attached hydrogen (secondary N) is 2. The molecule has 5 rings (SSSR count). The van der Waals surface area contributed by atoms with Crippen molar-refractivity contribution in [2.24, 2.45) is 0 Å². The molecule has 0 saturated heterocycles. The largest absolute Gasteiger partial charge is 0.327 e.